The van der Waals surface area contributed by atoms with Gasteiger partial charge in [-0.3, -0.25) is 0 Å². The van der Waals surface area contributed by atoms with Crippen LogP contribution in [-0.4, -0.2) is 28.2 Å². The van der Waals surface area contributed by atoms with E-state index in [0.717, 1.165) is 12.5 Å². The van der Waals surface area contributed by atoms with Crippen LogP contribution in [0.25, 0.3) is 0 Å². The molecule has 5 nitrogen and oxygen atoms in total. The summed E-state index contributed by atoms with van der Waals surface area (Å²) in [5, 5.41) is 0. The van der Waals surface area contributed by atoms with Crippen molar-refractivity contribution >= 4 is 15.7 Å². The number of nitrogens with two attached hydrogens (primary N) is 1. The Kier molecular flexibility index (Phi) is 4.07. The summed E-state index contributed by atoms with van der Waals surface area (Å²) < 4.78 is 45.2. The summed E-state index contributed by atoms with van der Waals surface area (Å²) in [6.45, 7) is 3.02. The van der Waals surface area contributed by atoms with Gasteiger partial charge in [0.05, 0.1) is 17.2 Å². The van der Waals surface area contributed by atoms with E-state index in [9.17, 15) is 12.8 Å². The highest BCUT2D eigenvalue weighted by molar-refractivity contribution is 7.89. The van der Waals surface area contributed by atoms with E-state index >= 15 is 0 Å². The van der Waals surface area contributed by atoms with Crippen LogP contribution in [0, 0.1) is 18.7 Å². The van der Waals surface area contributed by atoms with Gasteiger partial charge in [0.2, 0.25) is 10.0 Å². The molecule has 1 heterocycles. The van der Waals surface area contributed by atoms with Gasteiger partial charge in [-0.25, -0.2) is 17.5 Å². The molecule has 0 spiro atoms. The number of anilines is 1. The number of nitrogens with one attached hydrogen (secondary N) is 1. The number of nitrogen functional groups attached to an aromatic ring is 1. The van der Waals surface area contributed by atoms with Gasteiger partial charge in [-0.15, -0.1) is 0 Å². The van der Waals surface area contributed by atoms with Crippen LogP contribution in [0.3, 0.4) is 0 Å². The van der Waals surface area contributed by atoms with Crippen molar-refractivity contribution in [3.8, 4) is 0 Å². The largest absolute Gasteiger partial charge is 0.396 e. The Balaban J connectivity index is 2.14. The predicted molar refractivity (Wildman–Crippen MR) is 69.7 cm³/mol. The van der Waals surface area contributed by atoms with E-state index in [0.29, 0.717) is 19.8 Å². The van der Waals surface area contributed by atoms with Gasteiger partial charge < -0.3 is 10.5 Å². The minimum Gasteiger partial charge on any atom is -0.396 e. The second-order valence-corrected chi connectivity index (χ2v) is 6.49. The smallest absolute Gasteiger partial charge is 0.240 e. The van der Waals surface area contributed by atoms with E-state index in [1.807, 2.05) is 0 Å². The van der Waals surface area contributed by atoms with Crippen LogP contribution in [0.4, 0.5) is 10.1 Å². The van der Waals surface area contributed by atoms with E-state index in [-0.39, 0.29) is 22.1 Å². The second-order valence-electron chi connectivity index (χ2n) is 4.72. The average molecular weight is 288 g/mol. The maximum absolute atomic E-state index is 13.4. The summed E-state index contributed by atoms with van der Waals surface area (Å²) >= 11 is 0. The molecule has 1 saturated heterocycles. The van der Waals surface area contributed by atoms with Gasteiger partial charge >= 0.3 is 0 Å². The first kappa shape index (κ1) is 14.2. The molecule has 1 fully saturated rings. The molecule has 1 aliphatic rings. The van der Waals surface area contributed by atoms with Crippen molar-refractivity contribution in [2.24, 2.45) is 5.92 Å². The highest BCUT2D eigenvalue weighted by Gasteiger charge is 2.21. The summed E-state index contributed by atoms with van der Waals surface area (Å²) in [5.74, 6) is -0.392. The minimum absolute atomic E-state index is 0.0113. The number of benzene rings is 1. The van der Waals surface area contributed by atoms with Crippen LogP contribution < -0.4 is 10.5 Å². The van der Waals surface area contributed by atoms with Crippen LogP contribution in [0.1, 0.15) is 12.0 Å². The molecule has 106 valence electrons. The lowest BCUT2D eigenvalue weighted by atomic mass is 10.1. The van der Waals surface area contributed by atoms with Crippen molar-refractivity contribution in [1.29, 1.82) is 0 Å². The van der Waals surface area contributed by atoms with E-state index in [1.165, 1.54) is 13.0 Å². The maximum Gasteiger partial charge on any atom is 0.240 e. The number of rotatable bonds is 4. The second kappa shape index (κ2) is 5.44. The van der Waals surface area contributed by atoms with Crippen molar-refractivity contribution < 1.29 is 17.5 Å². The van der Waals surface area contributed by atoms with Gasteiger partial charge in [0, 0.05) is 13.2 Å². The first-order valence-electron chi connectivity index (χ1n) is 6.03. The number of halogens is 1. The normalized spacial score (nSPS) is 19.8. The van der Waals surface area contributed by atoms with Gasteiger partial charge in [0.15, 0.2) is 0 Å². The van der Waals surface area contributed by atoms with Gasteiger partial charge in [-0.05, 0) is 37.0 Å². The van der Waals surface area contributed by atoms with Crippen molar-refractivity contribution in [3.05, 3.63) is 23.5 Å². The van der Waals surface area contributed by atoms with E-state index in [4.69, 9.17) is 10.5 Å². The molecule has 1 aliphatic heterocycles. The molecule has 19 heavy (non-hydrogen) atoms. The number of aryl methyl sites for hydroxylation is 1. The zero-order valence-electron chi connectivity index (χ0n) is 10.6. The van der Waals surface area contributed by atoms with Gasteiger partial charge in [0.25, 0.3) is 0 Å². The molecule has 0 saturated carbocycles. The van der Waals surface area contributed by atoms with Gasteiger partial charge in [-0.1, -0.05) is 0 Å². The first-order valence-corrected chi connectivity index (χ1v) is 7.51. The van der Waals surface area contributed by atoms with E-state index in [1.54, 1.807) is 0 Å². The average Bonchev–Trinajstić information content (AvgIpc) is 2.86. The summed E-state index contributed by atoms with van der Waals surface area (Å²) in [6.07, 6.45) is 0.840. The molecular formula is C12H17FN2O3S. The topological polar surface area (TPSA) is 81.4 Å². The molecule has 1 aromatic carbocycles. The third-order valence-electron chi connectivity index (χ3n) is 3.15. The van der Waals surface area contributed by atoms with Crippen molar-refractivity contribution in [2.75, 3.05) is 25.5 Å². The lowest BCUT2D eigenvalue weighted by Crippen LogP contribution is -2.29. The zero-order chi connectivity index (χ0) is 14.0. The molecule has 1 atom stereocenters. The fourth-order valence-electron chi connectivity index (χ4n) is 1.97. The highest BCUT2D eigenvalue weighted by Crippen LogP contribution is 2.21. The molecule has 1 aromatic rings. The van der Waals surface area contributed by atoms with Crippen molar-refractivity contribution in [2.45, 2.75) is 18.2 Å². The monoisotopic (exact) mass is 288 g/mol. The third-order valence-corrected chi connectivity index (χ3v) is 4.56. The van der Waals surface area contributed by atoms with Crippen LogP contribution >= 0.6 is 0 Å². The number of ether oxygens (including phenoxy) is 1. The number of hydrogen-bond donors (Lipinski definition) is 2. The zero-order valence-corrected chi connectivity index (χ0v) is 11.5. The summed E-state index contributed by atoms with van der Waals surface area (Å²) in [7, 11) is -3.66. The Labute approximate surface area is 112 Å². The lowest BCUT2D eigenvalue weighted by Gasteiger charge is -2.11. The molecule has 0 bridgehead atoms. The van der Waals surface area contributed by atoms with Gasteiger partial charge in [-0.2, -0.15) is 0 Å². The van der Waals surface area contributed by atoms with E-state index in [2.05, 4.69) is 4.72 Å². The number of hydrogen-bond acceptors (Lipinski definition) is 4. The van der Waals surface area contributed by atoms with E-state index < -0.39 is 15.8 Å². The molecule has 7 heteroatoms. The van der Waals surface area contributed by atoms with Crippen LogP contribution in [-0.2, 0) is 14.8 Å². The standard InChI is InChI=1S/C12H17FN2O3S/c1-8-4-10(5-11(14)12(8)13)19(16,17)15-6-9-2-3-18-7-9/h4-5,9,15H,2-3,6-7,14H2,1H3. The quantitative estimate of drug-likeness (QED) is 0.811. The molecule has 0 radical (unpaired) electrons. The van der Waals surface area contributed by atoms with Crippen molar-refractivity contribution in [3.63, 3.8) is 0 Å². The minimum atomic E-state index is -3.66. The maximum atomic E-state index is 13.4. The molecular weight excluding hydrogens is 271 g/mol. The van der Waals surface area contributed by atoms with Gasteiger partial charge in [0.1, 0.15) is 5.82 Å². The number of sulfonamides is 1. The fraction of sp³-hybridized carbons (Fsp3) is 0.500. The highest BCUT2D eigenvalue weighted by atomic mass is 32.2. The van der Waals surface area contributed by atoms with Crippen LogP contribution in [0.2, 0.25) is 0 Å². The molecule has 0 aromatic heterocycles. The van der Waals surface area contributed by atoms with Crippen LogP contribution in [0.15, 0.2) is 17.0 Å². The Morgan fingerprint density at radius 2 is 2.26 bits per heavy atom. The third kappa shape index (κ3) is 3.23. The lowest BCUT2D eigenvalue weighted by molar-refractivity contribution is 0.186. The first-order chi connectivity index (χ1) is 8.90. The Hall–Kier alpha value is -1.18. The molecule has 2 rings (SSSR count). The predicted octanol–water partition coefficient (Wildman–Crippen LogP) is 1.03. The van der Waals surface area contributed by atoms with Crippen LogP contribution in [0.5, 0.6) is 0 Å². The SMILES string of the molecule is Cc1cc(S(=O)(=O)NCC2CCOC2)cc(N)c1F. The molecule has 0 amide bonds. The Morgan fingerprint density at radius 3 is 2.84 bits per heavy atom. The molecule has 0 aliphatic carbocycles. The summed E-state index contributed by atoms with van der Waals surface area (Å²) in [6, 6.07) is 2.41. The Bertz CT molecular complexity index is 545. The van der Waals surface area contributed by atoms with Crippen molar-refractivity contribution in [1.82, 2.24) is 4.72 Å². The summed E-state index contributed by atoms with van der Waals surface area (Å²) in [4.78, 5) is -0.0113. The fourth-order valence-corrected chi connectivity index (χ4v) is 3.21. The Morgan fingerprint density at radius 1 is 1.53 bits per heavy atom. The molecule has 3 N–H and O–H groups in total. The summed E-state index contributed by atoms with van der Waals surface area (Å²) in [5.41, 5.74) is 5.50. The molecule has 1 unspecified atom stereocenters.